The second-order valence-electron chi connectivity index (χ2n) is 6.96. The number of hydrogen-bond donors (Lipinski definition) is 0. The van der Waals surface area contributed by atoms with Crippen molar-refractivity contribution < 1.29 is 33.3 Å². The van der Waals surface area contributed by atoms with Gasteiger partial charge in [0, 0.05) is 19.2 Å². The Bertz CT molecular complexity index is 625. The van der Waals surface area contributed by atoms with Crippen molar-refractivity contribution in [3.8, 4) is 0 Å². The Kier molecular flexibility index (Phi) is 10.2. The van der Waals surface area contributed by atoms with E-state index in [1.807, 2.05) is 0 Å². The Morgan fingerprint density at radius 1 is 0.893 bits per heavy atom. The van der Waals surface area contributed by atoms with Crippen LogP contribution in [-0.4, -0.2) is 75.0 Å². The molecule has 156 valence electrons. The van der Waals surface area contributed by atoms with E-state index in [-0.39, 0.29) is 18.8 Å². The monoisotopic (exact) mass is 395 g/mol. The predicted molar refractivity (Wildman–Crippen MR) is 102 cm³/mol. The van der Waals surface area contributed by atoms with E-state index in [1.54, 1.807) is 58.2 Å². The molecule has 0 spiro atoms. The lowest BCUT2D eigenvalue weighted by Gasteiger charge is -2.24. The molecule has 28 heavy (non-hydrogen) atoms. The molecule has 1 rings (SSSR count). The zero-order chi connectivity index (χ0) is 21.0. The molecule has 1 aromatic carbocycles. The van der Waals surface area contributed by atoms with Gasteiger partial charge in [-0.2, -0.15) is 0 Å². The first-order chi connectivity index (χ1) is 13.2. The number of carbonyl (C=O) groups is 3. The van der Waals surface area contributed by atoms with Crippen LogP contribution in [0.15, 0.2) is 30.3 Å². The van der Waals surface area contributed by atoms with E-state index in [1.165, 1.54) is 4.90 Å². The highest BCUT2D eigenvalue weighted by Gasteiger charge is 2.19. The van der Waals surface area contributed by atoms with Crippen LogP contribution in [0.3, 0.4) is 0 Å². The van der Waals surface area contributed by atoms with Gasteiger partial charge >= 0.3 is 12.1 Å². The summed E-state index contributed by atoms with van der Waals surface area (Å²) in [6.45, 7) is 6.95. The molecule has 0 bridgehead atoms. The maximum Gasteiger partial charge on any atom is 0.410 e. The highest BCUT2D eigenvalue weighted by atomic mass is 16.6. The van der Waals surface area contributed by atoms with E-state index in [4.69, 9.17) is 18.9 Å². The van der Waals surface area contributed by atoms with Gasteiger partial charge in [-0.3, -0.25) is 4.79 Å². The highest BCUT2D eigenvalue weighted by Crippen LogP contribution is 2.08. The molecule has 0 radical (unpaired) electrons. The van der Waals surface area contributed by atoms with Gasteiger partial charge in [0.05, 0.1) is 26.4 Å². The van der Waals surface area contributed by atoms with E-state index in [0.717, 1.165) is 0 Å². The van der Waals surface area contributed by atoms with Crippen LogP contribution in [0.1, 0.15) is 31.1 Å². The minimum atomic E-state index is -0.906. The minimum absolute atomic E-state index is 0.0151. The van der Waals surface area contributed by atoms with Crippen LogP contribution < -0.4 is 0 Å². The van der Waals surface area contributed by atoms with Crippen LogP contribution in [0.5, 0.6) is 0 Å². The Morgan fingerprint density at radius 2 is 1.46 bits per heavy atom. The van der Waals surface area contributed by atoms with E-state index in [0.29, 0.717) is 26.4 Å². The number of esters is 1. The first kappa shape index (κ1) is 23.6. The van der Waals surface area contributed by atoms with Crippen molar-refractivity contribution in [2.75, 3.05) is 46.6 Å². The van der Waals surface area contributed by atoms with Crippen LogP contribution in [0.4, 0.5) is 4.79 Å². The third-order valence-electron chi connectivity index (χ3n) is 3.33. The summed E-state index contributed by atoms with van der Waals surface area (Å²) < 4.78 is 20.7. The van der Waals surface area contributed by atoms with Gasteiger partial charge in [-0.15, -0.1) is 0 Å². The van der Waals surface area contributed by atoms with Gasteiger partial charge in [-0.25, -0.2) is 9.59 Å². The van der Waals surface area contributed by atoms with E-state index in [9.17, 15) is 14.4 Å². The van der Waals surface area contributed by atoms with Crippen molar-refractivity contribution in [2.24, 2.45) is 0 Å². The summed E-state index contributed by atoms with van der Waals surface area (Å²) in [6.07, 6.45) is -0.404. The fourth-order valence-electron chi connectivity index (χ4n) is 1.92. The third-order valence-corrected chi connectivity index (χ3v) is 3.33. The zero-order valence-electron chi connectivity index (χ0n) is 16.9. The molecule has 0 aromatic heterocycles. The van der Waals surface area contributed by atoms with Crippen molar-refractivity contribution in [3.05, 3.63) is 35.9 Å². The fourth-order valence-corrected chi connectivity index (χ4v) is 1.92. The van der Waals surface area contributed by atoms with Gasteiger partial charge in [0.1, 0.15) is 12.2 Å². The van der Waals surface area contributed by atoms with Gasteiger partial charge in [0.15, 0.2) is 0 Å². The Balaban J connectivity index is 2.02. The number of nitrogens with zero attached hydrogens (tertiary/aromatic N) is 1. The number of rotatable bonds is 11. The lowest BCUT2D eigenvalue weighted by molar-refractivity contribution is -0.139. The van der Waals surface area contributed by atoms with Crippen LogP contribution >= 0.6 is 0 Å². The molecular weight excluding hydrogens is 366 g/mol. The van der Waals surface area contributed by atoms with E-state index >= 15 is 0 Å². The normalized spacial score (nSPS) is 11.0. The molecule has 8 nitrogen and oxygen atoms in total. The summed E-state index contributed by atoms with van der Waals surface area (Å²) in [4.78, 5) is 36.6. The first-order valence-corrected chi connectivity index (χ1v) is 9.07. The Labute approximate surface area is 165 Å². The summed E-state index contributed by atoms with van der Waals surface area (Å²) in [7, 11) is 1.64. The van der Waals surface area contributed by atoms with E-state index < -0.39 is 23.4 Å². The van der Waals surface area contributed by atoms with Gasteiger partial charge in [-0.05, 0) is 20.8 Å². The Hall–Kier alpha value is -2.45. The lowest BCUT2D eigenvalue weighted by Crippen LogP contribution is -2.36. The van der Waals surface area contributed by atoms with Crippen LogP contribution in [-0.2, 0) is 23.7 Å². The number of hydrogen-bond acceptors (Lipinski definition) is 7. The number of ketones is 1. The smallest absolute Gasteiger partial charge is 0.410 e. The minimum Gasteiger partial charge on any atom is -0.457 e. The standard InChI is InChI=1S/C20H29NO7/c1-20(2,3)28-19(24)21(4)10-11-25-12-13-26-14-15-27-18(23)17(22)16-8-6-5-7-9-16/h5-9H,10-15H2,1-4H3. The second kappa shape index (κ2) is 12.1. The van der Waals surface area contributed by atoms with Crippen molar-refractivity contribution in [1.82, 2.24) is 4.90 Å². The molecule has 0 aliphatic rings. The maximum absolute atomic E-state index is 11.8. The second-order valence-corrected chi connectivity index (χ2v) is 6.96. The average molecular weight is 395 g/mol. The van der Waals surface area contributed by atoms with Gasteiger partial charge in [0.2, 0.25) is 0 Å². The number of ether oxygens (including phenoxy) is 4. The number of Topliss-reactive ketones (excluding diaryl/α,β-unsaturated/α-hetero) is 1. The molecule has 0 saturated carbocycles. The number of benzene rings is 1. The molecule has 0 saturated heterocycles. The fraction of sp³-hybridized carbons (Fsp3) is 0.550. The molecule has 0 atom stereocenters. The quantitative estimate of drug-likeness (QED) is 0.246. The molecule has 0 fully saturated rings. The van der Waals surface area contributed by atoms with Gasteiger partial charge in [0.25, 0.3) is 5.78 Å². The summed E-state index contributed by atoms with van der Waals surface area (Å²) in [5, 5.41) is 0. The first-order valence-electron chi connectivity index (χ1n) is 9.07. The molecule has 1 amide bonds. The zero-order valence-corrected chi connectivity index (χ0v) is 16.9. The molecule has 0 unspecified atom stereocenters. The largest absolute Gasteiger partial charge is 0.457 e. The lowest BCUT2D eigenvalue weighted by atomic mass is 10.1. The molecule has 8 heteroatoms. The molecule has 0 heterocycles. The molecule has 0 N–H and O–H groups in total. The predicted octanol–water partition coefficient (Wildman–Crippen LogP) is 2.31. The summed E-state index contributed by atoms with van der Waals surface area (Å²) in [5.74, 6) is -1.59. The van der Waals surface area contributed by atoms with Gasteiger partial charge in [-0.1, -0.05) is 30.3 Å². The van der Waals surface area contributed by atoms with Crippen LogP contribution in [0.2, 0.25) is 0 Å². The van der Waals surface area contributed by atoms with Crippen molar-refractivity contribution in [3.63, 3.8) is 0 Å². The van der Waals surface area contributed by atoms with Gasteiger partial charge < -0.3 is 23.8 Å². The SMILES string of the molecule is CN(CCOCCOCCOC(=O)C(=O)c1ccccc1)C(=O)OC(C)(C)C. The highest BCUT2D eigenvalue weighted by molar-refractivity contribution is 6.40. The molecule has 0 aliphatic heterocycles. The van der Waals surface area contributed by atoms with Crippen molar-refractivity contribution >= 4 is 17.8 Å². The third kappa shape index (κ3) is 10.0. The topological polar surface area (TPSA) is 91.4 Å². The number of amides is 1. The molecular formula is C20H29NO7. The summed E-state index contributed by atoms with van der Waals surface area (Å²) >= 11 is 0. The van der Waals surface area contributed by atoms with Crippen molar-refractivity contribution in [2.45, 2.75) is 26.4 Å². The molecule has 1 aromatic rings. The number of carbonyl (C=O) groups excluding carboxylic acids is 3. The maximum atomic E-state index is 11.8. The summed E-state index contributed by atoms with van der Waals surface area (Å²) in [5.41, 5.74) is -0.243. The number of likely N-dealkylation sites (N-methyl/N-ethyl adjacent to an activating group) is 1. The van der Waals surface area contributed by atoms with Crippen LogP contribution in [0.25, 0.3) is 0 Å². The Morgan fingerprint density at radius 3 is 2.07 bits per heavy atom. The summed E-state index contributed by atoms with van der Waals surface area (Å²) in [6, 6.07) is 8.22. The van der Waals surface area contributed by atoms with Crippen LogP contribution in [0, 0.1) is 0 Å². The van der Waals surface area contributed by atoms with E-state index in [2.05, 4.69) is 0 Å². The molecule has 0 aliphatic carbocycles. The van der Waals surface area contributed by atoms with Crippen molar-refractivity contribution in [1.29, 1.82) is 0 Å². The average Bonchev–Trinajstić information content (AvgIpc) is 2.65.